The second-order valence-electron chi connectivity index (χ2n) is 7.18. The van der Waals surface area contributed by atoms with Crippen molar-refractivity contribution in [3.8, 4) is 23.2 Å². The van der Waals surface area contributed by atoms with Gasteiger partial charge in [-0.05, 0) is 48.4 Å². The number of alkyl halides is 3. The Morgan fingerprint density at radius 2 is 2.00 bits per heavy atom. The van der Waals surface area contributed by atoms with Crippen molar-refractivity contribution in [1.82, 2.24) is 15.0 Å². The van der Waals surface area contributed by atoms with E-state index in [1.807, 2.05) is 11.0 Å². The molecule has 160 valence electrons. The van der Waals surface area contributed by atoms with Crippen LogP contribution in [0.5, 0.6) is 5.75 Å². The van der Waals surface area contributed by atoms with Gasteiger partial charge in [0.05, 0.1) is 23.8 Å². The fraction of sp³-hybridized carbons (Fsp3) is 0.286. The van der Waals surface area contributed by atoms with Gasteiger partial charge in [0, 0.05) is 18.7 Å². The quantitative estimate of drug-likeness (QED) is 0.658. The number of nitrogens with zero attached hydrogens (tertiary/aromatic N) is 4. The molecule has 2 heterocycles. The Morgan fingerprint density at radius 3 is 2.71 bits per heavy atom. The number of nitriles is 1. The summed E-state index contributed by atoms with van der Waals surface area (Å²) in [4.78, 5) is 6.37. The van der Waals surface area contributed by atoms with Crippen LogP contribution in [0.2, 0.25) is 0 Å². The summed E-state index contributed by atoms with van der Waals surface area (Å²) < 4.78 is 46.2. The molecule has 0 unspecified atom stereocenters. The van der Waals surface area contributed by atoms with Gasteiger partial charge >= 0.3 is 6.36 Å². The van der Waals surface area contributed by atoms with Gasteiger partial charge in [0.25, 0.3) is 0 Å². The number of ether oxygens (including phenoxy) is 1. The maximum atomic E-state index is 12.3. The lowest BCUT2D eigenvalue weighted by Gasteiger charge is -2.21. The fourth-order valence-electron chi connectivity index (χ4n) is 3.58. The highest BCUT2D eigenvalue weighted by atomic mass is 19.4. The van der Waals surface area contributed by atoms with Crippen LogP contribution in [0.25, 0.3) is 11.4 Å². The van der Waals surface area contributed by atoms with Crippen LogP contribution in [0.15, 0.2) is 53.1 Å². The topological polar surface area (TPSA) is 95.4 Å². The van der Waals surface area contributed by atoms with Crippen LogP contribution in [-0.2, 0) is 6.54 Å². The van der Waals surface area contributed by atoms with Crippen molar-refractivity contribution >= 4 is 0 Å². The van der Waals surface area contributed by atoms with E-state index in [1.165, 1.54) is 24.3 Å². The molecule has 1 aromatic heterocycles. The largest absolute Gasteiger partial charge is 0.573 e. The molecule has 4 rings (SSSR count). The van der Waals surface area contributed by atoms with Crippen LogP contribution in [0, 0.1) is 11.3 Å². The molecule has 1 aliphatic rings. The summed E-state index contributed by atoms with van der Waals surface area (Å²) in [7, 11) is 0. The van der Waals surface area contributed by atoms with Crippen LogP contribution >= 0.6 is 0 Å². The SMILES string of the molecule is N#Cc1cccc(CN2C[C@H](O)C[C@H]2c2nc(-c3ccc(OC(F)(F)F)cc3)no2)c1. The van der Waals surface area contributed by atoms with E-state index in [9.17, 15) is 18.3 Å². The zero-order valence-electron chi connectivity index (χ0n) is 16.1. The Labute approximate surface area is 175 Å². The van der Waals surface area contributed by atoms with E-state index < -0.39 is 12.5 Å². The monoisotopic (exact) mass is 430 g/mol. The zero-order valence-corrected chi connectivity index (χ0v) is 16.1. The predicted octanol–water partition coefficient (Wildman–Crippen LogP) is 3.81. The lowest BCUT2D eigenvalue weighted by atomic mass is 10.1. The Balaban J connectivity index is 1.51. The van der Waals surface area contributed by atoms with E-state index in [1.54, 1.807) is 18.2 Å². The third kappa shape index (κ3) is 5.02. The lowest BCUT2D eigenvalue weighted by molar-refractivity contribution is -0.274. The number of halogens is 3. The number of aliphatic hydroxyl groups excluding tert-OH is 1. The van der Waals surface area contributed by atoms with Crippen molar-refractivity contribution in [3.63, 3.8) is 0 Å². The molecule has 0 saturated carbocycles. The van der Waals surface area contributed by atoms with Crippen LogP contribution in [-0.4, -0.2) is 39.2 Å². The summed E-state index contributed by atoms with van der Waals surface area (Å²) in [6.07, 6.45) is -4.93. The van der Waals surface area contributed by atoms with Gasteiger partial charge in [-0.15, -0.1) is 13.2 Å². The number of benzene rings is 2. The van der Waals surface area contributed by atoms with Crippen molar-refractivity contribution in [2.24, 2.45) is 0 Å². The first-order chi connectivity index (χ1) is 14.8. The van der Waals surface area contributed by atoms with Crippen LogP contribution < -0.4 is 4.74 Å². The van der Waals surface area contributed by atoms with Crippen molar-refractivity contribution < 1.29 is 27.5 Å². The second kappa shape index (κ2) is 8.37. The maximum Gasteiger partial charge on any atom is 0.573 e. The number of β-amino-alcohol motifs (C(OH)–C–C–N with tert-alkyl or cyclic N) is 1. The molecular weight excluding hydrogens is 413 g/mol. The first-order valence-corrected chi connectivity index (χ1v) is 9.41. The summed E-state index contributed by atoms with van der Waals surface area (Å²) >= 11 is 0. The van der Waals surface area contributed by atoms with Gasteiger partial charge in [0.1, 0.15) is 5.75 Å². The molecule has 2 atom stereocenters. The molecule has 0 radical (unpaired) electrons. The number of likely N-dealkylation sites (tertiary alicyclic amines) is 1. The molecule has 1 fully saturated rings. The fourth-order valence-corrected chi connectivity index (χ4v) is 3.58. The van der Waals surface area contributed by atoms with Crippen LogP contribution in [0.3, 0.4) is 0 Å². The van der Waals surface area contributed by atoms with E-state index in [2.05, 4.69) is 20.9 Å². The van der Waals surface area contributed by atoms with Crippen molar-refractivity contribution in [2.75, 3.05) is 6.54 Å². The van der Waals surface area contributed by atoms with Gasteiger partial charge in [0.15, 0.2) is 0 Å². The van der Waals surface area contributed by atoms with Gasteiger partial charge < -0.3 is 14.4 Å². The summed E-state index contributed by atoms with van der Waals surface area (Å²) in [5.41, 5.74) is 1.93. The van der Waals surface area contributed by atoms with Crippen LogP contribution in [0.4, 0.5) is 13.2 Å². The number of rotatable bonds is 5. The molecular formula is C21H17F3N4O3. The van der Waals surface area contributed by atoms with Crippen molar-refractivity contribution in [1.29, 1.82) is 5.26 Å². The highest BCUT2D eigenvalue weighted by Crippen LogP contribution is 2.34. The molecule has 3 aromatic rings. The van der Waals surface area contributed by atoms with E-state index in [0.29, 0.717) is 36.5 Å². The van der Waals surface area contributed by atoms with Gasteiger partial charge in [0.2, 0.25) is 11.7 Å². The third-order valence-corrected chi connectivity index (χ3v) is 4.90. The number of hydrogen-bond acceptors (Lipinski definition) is 7. The van der Waals surface area contributed by atoms with E-state index in [4.69, 9.17) is 9.78 Å². The Hall–Kier alpha value is -3.42. The highest BCUT2D eigenvalue weighted by Gasteiger charge is 2.36. The van der Waals surface area contributed by atoms with E-state index >= 15 is 0 Å². The van der Waals surface area contributed by atoms with Crippen molar-refractivity contribution in [3.05, 3.63) is 65.5 Å². The zero-order chi connectivity index (χ0) is 22.0. The first kappa shape index (κ1) is 20.8. The minimum Gasteiger partial charge on any atom is -0.406 e. The second-order valence-corrected chi connectivity index (χ2v) is 7.18. The summed E-state index contributed by atoms with van der Waals surface area (Å²) in [5, 5.41) is 23.2. The Bertz CT molecular complexity index is 1090. The normalized spacial score (nSPS) is 19.3. The van der Waals surface area contributed by atoms with E-state index in [-0.39, 0.29) is 17.6 Å². The van der Waals surface area contributed by atoms with Gasteiger partial charge in [-0.25, -0.2) is 0 Å². The van der Waals surface area contributed by atoms with Crippen molar-refractivity contribution in [2.45, 2.75) is 31.5 Å². The molecule has 0 aliphatic carbocycles. The average Bonchev–Trinajstić information content (AvgIpc) is 3.34. The molecule has 1 saturated heterocycles. The van der Waals surface area contributed by atoms with E-state index in [0.717, 1.165) is 5.56 Å². The molecule has 10 heteroatoms. The minimum absolute atomic E-state index is 0.223. The standard InChI is InChI=1S/C21H17F3N4O3/c22-21(23,24)30-17-6-4-15(5-7-17)19-26-20(31-27-19)18-9-16(29)12-28(18)11-14-3-1-2-13(8-14)10-25/h1-8,16,18,29H,9,11-12H2/t16-,18+/m1/s1. The smallest absolute Gasteiger partial charge is 0.406 e. The number of aromatic nitrogens is 2. The highest BCUT2D eigenvalue weighted by molar-refractivity contribution is 5.55. The van der Waals surface area contributed by atoms with Gasteiger partial charge in [-0.3, -0.25) is 4.90 Å². The number of hydrogen-bond donors (Lipinski definition) is 1. The Kier molecular flexibility index (Phi) is 5.63. The van der Waals surface area contributed by atoms with Gasteiger partial charge in [-0.1, -0.05) is 17.3 Å². The maximum absolute atomic E-state index is 12.3. The number of aliphatic hydroxyl groups is 1. The summed E-state index contributed by atoms with van der Waals surface area (Å²) in [6.45, 7) is 0.890. The summed E-state index contributed by atoms with van der Waals surface area (Å²) in [5.74, 6) is 0.185. The molecule has 0 spiro atoms. The minimum atomic E-state index is -4.76. The lowest BCUT2D eigenvalue weighted by Crippen LogP contribution is -2.24. The van der Waals surface area contributed by atoms with Gasteiger partial charge in [-0.2, -0.15) is 10.2 Å². The molecule has 2 aromatic carbocycles. The molecule has 7 nitrogen and oxygen atoms in total. The average molecular weight is 430 g/mol. The third-order valence-electron chi connectivity index (χ3n) is 4.90. The summed E-state index contributed by atoms with van der Waals surface area (Å²) in [6, 6.07) is 14.1. The van der Waals surface area contributed by atoms with Crippen LogP contribution in [0.1, 0.15) is 29.5 Å². The Morgan fingerprint density at radius 1 is 1.23 bits per heavy atom. The molecule has 0 amide bonds. The first-order valence-electron chi connectivity index (χ1n) is 9.41. The molecule has 0 bridgehead atoms. The predicted molar refractivity (Wildman–Crippen MR) is 101 cm³/mol. The molecule has 1 N–H and O–H groups in total. The molecule has 1 aliphatic heterocycles. The molecule has 31 heavy (non-hydrogen) atoms.